The number of ether oxygens (including phenoxy) is 2. The molecule has 1 aromatic carbocycles. The van der Waals surface area contributed by atoms with Crippen molar-refractivity contribution in [2.45, 2.75) is 64.3 Å². The zero-order chi connectivity index (χ0) is 27.4. The van der Waals surface area contributed by atoms with Crippen molar-refractivity contribution in [3.8, 4) is 5.75 Å². The van der Waals surface area contributed by atoms with E-state index in [0.717, 1.165) is 4.57 Å². The topological polar surface area (TPSA) is 194 Å². The molecule has 0 bridgehead atoms. The van der Waals surface area contributed by atoms with E-state index in [0.29, 0.717) is 0 Å². The van der Waals surface area contributed by atoms with E-state index in [1.54, 1.807) is 32.0 Å². The summed E-state index contributed by atoms with van der Waals surface area (Å²) in [6, 6.07) is 6.89. The van der Waals surface area contributed by atoms with Crippen molar-refractivity contribution in [2.75, 3.05) is 6.61 Å². The molecule has 1 saturated heterocycles. The highest BCUT2D eigenvalue weighted by Crippen LogP contribution is 2.48. The maximum absolute atomic E-state index is 13.7. The fourth-order valence-electron chi connectivity index (χ4n) is 3.48. The summed E-state index contributed by atoms with van der Waals surface area (Å²) < 4.78 is 36.7. The summed E-state index contributed by atoms with van der Waals surface area (Å²) in [6.45, 7) is 5.46. The van der Waals surface area contributed by atoms with Gasteiger partial charge in [-0.1, -0.05) is 18.2 Å². The van der Waals surface area contributed by atoms with Gasteiger partial charge in [0, 0.05) is 18.2 Å². The average molecular weight is 539 g/mol. The van der Waals surface area contributed by atoms with Gasteiger partial charge in [-0.15, -0.1) is 0 Å². The van der Waals surface area contributed by atoms with Crippen LogP contribution in [-0.2, 0) is 23.4 Å². The van der Waals surface area contributed by atoms with Gasteiger partial charge in [0.1, 0.15) is 30.7 Å². The molecule has 0 radical (unpaired) electrons. The molecule has 0 saturated carbocycles. The number of aromatic amines is 1. The summed E-state index contributed by atoms with van der Waals surface area (Å²) in [5.74, 6) is -0.555. The van der Waals surface area contributed by atoms with Gasteiger partial charge in [-0.2, -0.15) is 10.2 Å². The van der Waals surface area contributed by atoms with E-state index in [4.69, 9.17) is 24.1 Å². The number of aryl methyl sites for hydroxylation is 1. The van der Waals surface area contributed by atoms with E-state index < -0.39 is 61.8 Å². The molecule has 1 aliphatic rings. The van der Waals surface area contributed by atoms with Crippen LogP contribution in [0.15, 0.2) is 51.2 Å². The zero-order valence-corrected chi connectivity index (χ0v) is 21.6. The monoisotopic (exact) mass is 539 g/mol. The van der Waals surface area contributed by atoms with Crippen LogP contribution in [0, 0.1) is 12.5 Å². The number of nitrogens with zero attached hydrogens (tertiary/aromatic N) is 2. The molecular formula is C22H30N5O9P. The Hall–Kier alpha value is -3.16. The number of esters is 1. The van der Waals surface area contributed by atoms with Gasteiger partial charge >= 0.3 is 19.4 Å². The number of carbonyl (C=O) groups is 1. The lowest BCUT2D eigenvalue weighted by molar-refractivity contribution is -0.149. The molecule has 202 valence electrons. The lowest BCUT2D eigenvalue weighted by Crippen LogP contribution is -2.43. The van der Waals surface area contributed by atoms with E-state index in [1.807, 2.05) is 0 Å². The number of H-pyrrole nitrogens is 1. The maximum Gasteiger partial charge on any atom is 0.459 e. The Morgan fingerprint density at radius 1 is 1.35 bits per heavy atom. The number of aromatic nitrogens is 2. The predicted octanol–water partition coefficient (Wildman–Crippen LogP) is 1.99. The first-order valence-electron chi connectivity index (χ1n) is 11.4. The third-order valence-corrected chi connectivity index (χ3v) is 7.02. The van der Waals surface area contributed by atoms with E-state index in [2.05, 4.69) is 15.2 Å². The minimum absolute atomic E-state index is 0.153. The van der Waals surface area contributed by atoms with Gasteiger partial charge in [0.25, 0.3) is 5.56 Å². The second-order valence-electron chi connectivity index (χ2n) is 8.77. The quantitative estimate of drug-likeness (QED) is 0.186. The molecule has 14 nitrogen and oxygen atoms in total. The van der Waals surface area contributed by atoms with Gasteiger partial charge < -0.3 is 19.1 Å². The fourth-order valence-corrected chi connectivity index (χ4v) is 5.00. The molecule has 3 rings (SSSR count). The Balaban J connectivity index is 1.84. The molecule has 0 spiro atoms. The van der Waals surface area contributed by atoms with Crippen molar-refractivity contribution in [3.05, 3.63) is 62.9 Å². The molecule has 1 aromatic heterocycles. The second kappa shape index (κ2) is 11.5. The zero-order valence-electron chi connectivity index (χ0n) is 20.7. The first-order valence-corrected chi connectivity index (χ1v) is 13.0. The summed E-state index contributed by atoms with van der Waals surface area (Å²) >= 11 is 0. The Bertz CT molecular complexity index is 1280. The number of aliphatic hydroxyl groups is 1. The van der Waals surface area contributed by atoms with E-state index in [1.165, 1.54) is 32.2 Å². The van der Waals surface area contributed by atoms with Crippen LogP contribution < -0.4 is 20.9 Å². The van der Waals surface area contributed by atoms with Crippen LogP contribution in [0.4, 0.5) is 0 Å². The first-order chi connectivity index (χ1) is 17.4. The normalized spacial score (nSPS) is 23.8. The smallest absolute Gasteiger partial charge is 0.459 e. The first kappa shape index (κ1) is 28.4. The van der Waals surface area contributed by atoms with Crippen molar-refractivity contribution in [1.82, 2.24) is 14.6 Å². The van der Waals surface area contributed by atoms with Gasteiger partial charge in [0.2, 0.25) is 5.72 Å². The van der Waals surface area contributed by atoms with Gasteiger partial charge in [-0.3, -0.25) is 23.7 Å². The molecule has 4 N–H and O–H groups in total. The Kier molecular flexibility index (Phi) is 8.82. The molecule has 1 unspecified atom stereocenters. The number of hydrogen-bond acceptors (Lipinski definition) is 11. The number of hydrogen-bond donors (Lipinski definition) is 4. The fraction of sp³-hybridized carbons (Fsp3) is 0.500. The maximum atomic E-state index is 13.7. The van der Waals surface area contributed by atoms with Crippen LogP contribution in [0.5, 0.6) is 5.75 Å². The number of carbonyl (C=O) groups excluding carboxylic acids is 1. The molecule has 2 heterocycles. The van der Waals surface area contributed by atoms with Crippen LogP contribution in [0.2, 0.25) is 0 Å². The number of nitrogens with one attached hydrogen (secondary N) is 3. The van der Waals surface area contributed by atoms with Crippen molar-refractivity contribution in [2.24, 2.45) is 5.11 Å². The van der Waals surface area contributed by atoms with Gasteiger partial charge in [-0.05, 0) is 39.8 Å². The van der Waals surface area contributed by atoms with E-state index in [9.17, 15) is 24.1 Å². The van der Waals surface area contributed by atoms with Gasteiger partial charge in [-0.25, -0.2) is 14.9 Å². The van der Waals surface area contributed by atoms with Crippen molar-refractivity contribution < 1.29 is 33.0 Å². The number of aliphatic hydroxyl groups excluding tert-OH is 1. The molecule has 0 amide bonds. The Morgan fingerprint density at radius 3 is 2.65 bits per heavy atom. The summed E-state index contributed by atoms with van der Waals surface area (Å²) in [5, 5.41) is 16.6. The molecule has 15 heteroatoms. The van der Waals surface area contributed by atoms with Crippen LogP contribution in [0.3, 0.4) is 0 Å². The minimum Gasteiger partial charge on any atom is -0.462 e. The van der Waals surface area contributed by atoms with E-state index in [-0.39, 0.29) is 17.7 Å². The molecule has 5 atom stereocenters. The second-order valence-corrected chi connectivity index (χ2v) is 10.5. The largest absolute Gasteiger partial charge is 0.462 e. The third kappa shape index (κ3) is 6.79. The Morgan fingerprint density at radius 2 is 2.03 bits per heavy atom. The number of rotatable bonds is 11. The van der Waals surface area contributed by atoms with Crippen LogP contribution >= 0.6 is 7.75 Å². The molecular weight excluding hydrogens is 509 g/mol. The molecule has 0 aliphatic carbocycles. The highest BCUT2D eigenvalue weighted by molar-refractivity contribution is 7.52. The lowest BCUT2D eigenvalue weighted by Gasteiger charge is -2.29. The van der Waals surface area contributed by atoms with Crippen molar-refractivity contribution in [1.29, 1.82) is 5.53 Å². The number of benzene rings is 1. The highest BCUT2D eigenvalue weighted by Gasteiger charge is 2.52. The summed E-state index contributed by atoms with van der Waals surface area (Å²) in [6.07, 6.45) is -1.92. The molecule has 37 heavy (non-hydrogen) atoms. The third-order valence-electron chi connectivity index (χ3n) is 5.40. The summed E-state index contributed by atoms with van der Waals surface area (Å²) in [7, 11) is -4.35. The van der Waals surface area contributed by atoms with Gasteiger partial charge in [0.05, 0.1) is 6.10 Å². The Labute approximate surface area is 212 Å². The summed E-state index contributed by atoms with van der Waals surface area (Å²) in [4.78, 5) is 38.4. The van der Waals surface area contributed by atoms with Gasteiger partial charge in [0.15, 0.2) is 0 Å². The molecule has 1 fully saturated rings. The SMILES string of the molecule is Cc1cn([C@H]2C[C@H](O)[C@](COP(=O)(N[C@@H](C)C(=O)OC(C)C)Oc3ccccc3)(N=N)O2)c(=O)[nH]c1=O. The molecule has 2 aromatic rings. The van der Waals surface area contributed by atoms with Crippen LogP contribution in [0.25, 0.3) is 0 Å². The van der Waals surface area contributed by atoms with Crippen LogP contribution in [0.1, 0.15) is 39.0 Å². The highest BCUT2D eigenvalue weighted by atomic mass is 31.2. The number of para-hydroxylation sites is 1. The van der Waals surface area contributed by atoms with Crippen molar-refractivity contribution in [3.63, 3.8) is 0 Å². The van der Waals surface area contributed by atoms with E-state index >= 15 is 0 Å². The lowest BCUT2D eigenvalue weighted by atomic mass is 10.1. The summed E-state index contributed by atoms with van der Waals surface area (Å²) in [5.41, 5.74) is 4.47. The standard InChI is InChI=1S/C22H30N5O9P/c1-13(2)34-20(30)15(4)25-37(32,36-16-8-6-5-7-9-16)33-12-22(26-23)17(28)10-18(35-22)27-11-14(3)19(29)24-21(27)31/h5-9,11,13,15,17-18,23,28H,10,12H2,1-4H3,(H,25,32)(H,24,29,31)/t15-,17-,18+,22+,37?/m0/s1. The van der Waals surface area contributed by atoms with Crippen LogP contribution in [-0.4, -0.2) is 51.2 Å². The minimum atomic E-state index is -4.35. The van der Waals surface area contributed by atoms with Crippen molar-refractivity contribution >= 4 is 13.7 Å². The molecule has 1 aliphatic heterocycles. The predicted molar refractivity (Wildman–Crippen MR) is 129 cm³/mol. The average Bonchev–Trinajstić information content (AvgIpc) is 3.16.